The van der Waals surface area contributed by atoms with Crippen LogP contribution < -0.4 is 26.6 Å². The molecule has 4 fully saturated rings. The fourth-order valence-electron chi connectivity index (χ4n) is 9.77. The number of nitrogens with zero attached hydrogens (tertiary/aromatic N) is 9. The summed E-state index contributed by atoms with van der Waals surface area (Å²) in [6.07, 6.45) is 8.11. The van der Waals surface area contributed by atoms with Crippen molar-refractivity contribution in [2.24, 2.45) is 18.7 Å². The number of nitrogens with two attached hydrogens (primary N) is 1. The zero-order valence-electron chi connectivity index (χ0n) is 35.0. The first kappa shape index (κ1) is 46.0. The van der Waals surface area contributed by atoms with Crippen LogP contribution in [0, 0.1) is 5.92 Å². The van der Waals surface area contributed by atoms with Crippen molar-refractivity contribution >= 4 is 76.3 Å². The van der Waals surface area contributed by atoms with E-state index in [2.05, 4.69) is 42.1 Å². The van der Waals surface area contributed by atoms with Gasteiger partial charge >= 0.3 is 0 Å². The Kier molecular flexibility index (Phi) is 14.2. The summed E-state index contributed by atoms with van der Waals surface area (Å²) in [6.45, 7) is 3.52. The molecule has 340 valence electrons. The summed E-state index contributed by atoms with van der Waals surface area (Å²) in [5.41, 5.74) is 8.47. The molecular formula is C42H54Cl2F3N13O3. The molecule has 16 nitrogen and oxygen atoms in total. The molecule has 3 amide bonds. The first-order chi connectivity index (χ1) is 29.5. The van der Waals surface area contributed by atoms with Gasteiger partial charge < -0.3 is 26.2 Å². The van der Waals surface area contributed by atoms with Crippen LogP contribution in [0.2, 0.25) is 0 Å². The number of likely N-dealkylation sites (tertiary alicyclic amines) is 1. The van der Waals surface area contributed by atoms with Gasteiger partial charge in [-0.05, 0) is 82.4 Å². The van der Waals surface area contributed by atoms with Gasteiger partial charge in [0.1, 0.15) is 17.6 Å². The number of carbonyl (C=O) groups excluding carboxylic acids is 3. The van der Waals surface area contributed by atoms with Crippen LogP contribution in [-0.2, 0) is 16.6 Å². The molecule has 21 heteroatoms. The van der Waals surface area contributed by atoms with Gasteiger partial charge in [0.2, 0.25) is 11.8 Å². The highest BCUT2D eigenvalue weighted by atomic mass is 35.5. The smallest absolute Gasteiger partial charge is 0.284 e. The summed E-state index contributed by atoms with van der Waals surface area (Å²) >= 11 is 0. The lowest BCUT2D eigenvalue weighted by atomic mass is 9.84. The summed E-state index contributed by atoms with van der Waals surface area (Å²) in [4.78, 5) is 46.7. The Bertz CT molecular complexity index is 2420. The lowest BCUT2D eigenvalue weighted by molar-refractivity contribution is -0.134. The first-order valence-corrected chi connectivity index (χ1v) is 21.4. The van der Waals surface area contributed by atoms with Crippen molar-refractivity contribution in [3.63, 3.8) is 0 Å². The number of carbonyl (C=O) groups is 3. The third-order valence-electron chi connectivity index (χ3n) is 13.0. The number of fused-ring (bicyclic) bond motifs is 2. The van der Waals surface area contributed by atoms with Gasteiger partial charge in [-0.15, -0.1) is 24.8 Å². The first-order valence-electron chi connectivity index (χ1n) is 21.4. The standard InChI is InChI=1S/C42H52F3N13O3.2ClH/c1-54-38-29(36(52-54)30-9-10-35(59)51-41(30)60)3-2-4-32(38)48-27-12-16-55(17-13-27)15-11-24-5-7-28(8-6-24)58-23-33(37(53-58)39(44)45)49-42(61)31-20-47-57-18-14-34(50-40(31)57)56-21-25(43)19-26(46)22-56;;/h2-4,14,18,20,23-28,30,39,48H,5-13,15-17,19,21-22,46H2,1H3,(H,49,61)(H,51,59,60);2*1H/t24?,25-,26-,28?,30?;;/m1../s1. The number of nitrogens with one attached hydrogen (secondary N) is 3. The van der Waals surface area contributed by atoms with E-state index in [-0.39, 0.29) is 78.6 Å². The number of hydrogen-bond donors (Lipinski definition) is 4. The zero-order valence-corrected chi connectivity index (χ0v) is 36.6. The van der Waals surface area contributed by atoms with Crippen molar-refractivity contribution in [3.05, 3.63) is 59.8 Å². The molecule has 0 bridgehead atoms. The van der Waals surface area contributed by atoms with Gasteiger partial charge in [-0.25, -0.2) is 22.7 Å². The summed E-state index contributed by atoms with van der Waals surface area (Å²) in [6, 6.07) is 7.62. The molecule has 3 aliphatic heterocycles. The van der Waals surface area contributed by atoms with Gasteiger partial charge in [-0.3, -0.25) is 29.1 Å². The van der Waals surface area contributed by atoms with Crippen molar-refractivity contribution in [3.8, 4) is 0 Å². The molecule has 3 atom stereocenters. The molecule has 5 N–H and O–H groups in total. The molecule has 1 aliphatic carbocycles. The van der Waals surface area contributed by atoms with E-state index in [1.165, 1.54) is 16.9 Å². The average molecular weight is 917 g/mol. The topological polar surface area (TPSA) is 186 Å². The second kappa shape index (κ2) is 19.4. The van der Waals surface area contributed by atoms with Crippen LogP contribution in [0.1, 0.15) is 104 Å². The number of piperidine rings is 3. The average Bonchev–Trinajstić information content (AvgIpc) is 3.96. The quantitative estimate of drug-likeness (QED) is 0.115. The van der Waals surface area contributed by atoms with Crippen molar-refractivity contribution in [2.75, 3.05) is 48.3 Å². The van der Waals surface area contributed by atoms with Gasteiger partial charge in [0, 0.05) is 63.0 Å². The van der Waals surface area contributed by atoms with E-state index in [1.54, 1.807) is 21.8 Å². The normalized spacial score (nSPS) is 23.7. The fourth-order valence-corrected chi connectivity index (χ4v) is 9.77. The molecule has 9 rings (SSSR count). The Balaban J connectivity index is 0.00000298. The largest absolute Gasteiger partial charge is 0.380 e. The highest BCUT2D eigenvalue weighted by molar-refractivity contribution is 6.08. The number of imide groups is 1. The lowest BCUT2D eigenvalue weighted by Gasteiger charge is -2.35. The van der Waals surface area contributed by atoms with Crippen LogP contribution in [0.4, 0.5) is 30.4 Å². The summed E-state index contributed by atoms with van der Waals surface area (Å²) in [5.74, 6) is -0.637. The highest BCUT2D eigenvalue weighted by Gasteiger charge is 2.33. The Morgan fingerprint density at radius 2 is 1.78 bits per heavy atom. The van der Waals surface area contributed by atoms with Gasteiger partial charge in [-0.2, -0.15) is 15.3 Å². The van der Waals surface area contributed by atoms with Gasteiger partial charge in [0.15, 0.2) is 11.3 Å². The van der Waals surface area contributed by atoms with Crippen LogP contribution in [0.3, 0.4) is 0 Å². The Labute approximate surface area is 374 Å². The van der Waals surface area contributed by atoms with E-state index in [0.29, 0.717) is 42.9 Å². The Morgan fingerprint density at radius 1 is 1.00 bits per heavy atom. The van der Waals surface area contributed by atoms with Crippen LogP contribution in [0.25, 0.3) is 16.6 Å². The molecule has 63 heavy (non-hydrogen) atoms. The van der Waals surface area contributed by atoms with Crippen molar-refractivity contribution in [1.29, 1.82) is 0 Å². The molecule has 0 spiro atoms. The number of hydrogen-bond acceptors (Lipinski definition) is 11. The molecule has 4 aromatic heterocycles. The number of para-hydroxylation sites is 1. The minimum absolute atomic E-state index is 0. The molecule has 1 saturated carbocycles. The van der Waals surface area contributed by atoms with Gasteiger partial charge in [0.05, 0.1) is 47.3 Å². The molecule has 3 saturated heterocycles. The highest BCUT2D eigenvalue weighted by Crippen LogP contribution is 2.37. The molecule has 5 aromatic rings. The number of rotatable bonds is 11. The Hall–Kier alpha value is -4.98. The molecule has 4 aliphatic rings. The summed E-state index contributed by atoms with van der Waals surface area (Å²) < 4.78 is 47.7. The molecule has 1 aromatic carbocycles. The maximum absolute atomic E-state index is 14.3. The summed E-state index contributed by atoms with van der Waals surface area (Å²) in [7, 11) is 1.89. The van der Waals surface area contributed by atoms with Crippen LogP contribution in [0.15, 0.2) is 42.9 Å². The number of halogens is 5. The molecule has 7 heterocycles. The number of benzene rings is 1. The van der Waals surface area contributed by atoms with Gasteiger partial charge in [0.25, 0.3) is 12.3 Å². The molecule has 0 radical (unpaired) electrons. The number of aryl methyl sites for hydroxylation is 1. The molecule has 1 unspecified atom stereocenters. The lowest BCUT2D eigenvalue weighted by Crippen LogP contribution is -2.48. The number of amides is 3. The van der Waals surface area contributed by atoms with E-state index in [9.17, 15) is 27.6 Å². The Morgan fingerprint density at radius 3 is 2.51 bits per heavy atom. The third kappa shape index (κ3) is 9.76. The van der Waals surface area contributed by atoms with E-state index < -0.39 is 30.1 Å². The van der Waals surface area contributed by atoms with E-state index in [1.807, 2.05) is 23.9 Å². The SMILES string of the molecule is Cl.Cl.Cn1nc(C2CCC(=O)NC2=O)c2cccc(NC3CCN(CCC4CCC(n5cc(NC(=O)c6cnn7ccc(N8C[C@H](N)C[C@@H](F)C8)nc67)c(C(F)F)n5)CC4)CC3)c21. The number of aromatic nitrogens is 7. The molecular weight excluding hydrogens is 862 g/mol. The van der Waals surface area contributed by atoms with Crippen LogP contribution in [-0.4, -0.2) is 108 Å². The van der Waals surface area contributed by atoms with E-state index in [0.717, 1.165) is 81.2 Å². The minimum atomic E-state index is -2.89. The minimum Gasteiger partial charge on any atom is -0.380 e. The maximum atomic E-state index is 14.3. The second-order valence-electron chi connectivity index (χ2n) is 17.2. The van der Waals surface area contributed by atoms with E-state index in [4.69, 9.17) is 10.8 Å². The maximum Gasteiger partial charge on any atom is 0.284 e. The summed E-state index contributed by atoms with van der Waals surface area (Å²) in [5, 5.41) is 23.0. The van der Waals surface area contributed by atoms with Crippen LogP contribution >= 0.6 is 24.8 Å². The third-order valence-corrected chi connectivity index (χ3v) is 13.0. The second-order valence-corrected chi connectivity index (χ2v) is 17.2. The predicted octanol–water partition coefficient (Wildman–Crippen LogP) is 5.94. The van der Waals surface area contributed by atoms with Crippen LogP contribution in [0.5, 0.6) is 0 Å². The van der Waals surface area contributed by atoms with E-state index >= 15 is 0 Å². The predicted molar refractivity (Wildman–Crippen MR) is 237 cm³/mol. The van der Waals surface area contributed by atoms with Crippen molar-refractivity contribution in [1.82, 2.24) is 44.4 Å². The zero-order chi connectivity index (χ0) is 42.4. The number of alkyl halides is 3. The van der Waals surface area contributed by atoms with Gasteiger partial charge in [-0.1, -0.05) is 12.1 Å². The monoisotopic (exact) mass is 915 g/mol. The number of anilines is 3. The fraction of sp³-hybridized carbons (Fsp3) is 0.548. The van der Waals surface area contributed by atoms with Crippen molar-refractivity contribution in [2.45, 2.75) is 101 Å². The van der Waals surface area contributed by atoms with Crippen molar-refractivity contribution < 1.29 is 27.6 Å².